The van der Waals surface area contributed by atoms with Gasteiger partial charge in [0, 0.05) is 0 Å². The lowest BCUT2D eigenvalue weighted by Crippen LogP contribution is -2.34. The van der Waals surface area contributed by atoms with Gasteiger partial charge in [0.15, 0.2) is 17.7 Å². The summed E-state index contributed by atoms with van der Waals surface area (Å²) in [5, 5.41) is 20.2. The minimum atomic E-state index is -5.46. The molecule has 0 aliphatic carbocycles. The highest BCUT2D eigenvalue weighted by atomic mass is 32.3. The van der Waals surface area contributed by atoms with Crippen LogP contribution in [0.5, 0.6) is 0 Å². The average Bonchev–Trinajstić information content (AvgIpc) is 3.07. The van der Waals surface area contributed by atoms with Crippen LogP contribution in [0.25, 0.3) is 11.2 Å². The molecule has 0 aromatic carbocycles. The molecule has 1 aliphatic heterocycles. The van der Waals surface area contributed by atoms with Crippen molar-refractivity contribution in [2.45, 2.75) is 24.5 Å². The summed E-state index contributed by atoms with van der Waals surface area (Å²) >= 11 is 0. The van der Waals surface area contributed by atoms with Gasteiger partial charge in [-0.1, -0.05) is 0 Å². The van der Waals surface area contributed by atoms with E-state index in [1.54, 1.807) is 0 Å². The first kappa shape index (κ1) is 20.0. The van der Waals surface area contributed by atoms with E-state index in [9.17, 15) is 28.1 Å². The fourth-order valence-corrected chi connectivity index (χ4v) is 3.88. The summed E-state index contributed by atoms with van der Waals surface area (Å²) in [6.45, 7) is -0.908. The fourth-order valence-electron chi connectivity index (χ4n) is 2.45. The molecule has 1 saturated heterocycles. The smallest absolute Gasteiger partial charge is 0.404 e. The van der Waals surface area contributed by atoms with Gasteiger partial charge in [-0.3, -0.25) is 13.7 Å². The second-order valence-corrected chi connectivity index (χ2v) is 7.98. The highest BCUT2D eigenvalue weighted by Crippen LogP contribution is 2.41. The Hall–Kier alpha value is -1.75. The van der Waals surface area contributed by atoms with Gasteiger partial charge in [0.05, 0.1) is 12.9 Å². The summed E-state index contributed by atoms with van der Waals surface area (Å²) in [6.07, 6.45) is -3.41. The number of hydrogen-bond donors (Lipinski definition) is 4. The van der Waals surface area contributed by atoms with Crippen LogP contribution in [0.2, 0.25) is 0 Å². The van der Waals surface area contributed by atoms with Crippen LogP contribution < -0.4 is 10.6 Å². The molecule has 2 aromatic heterocycles. The Morgan fingerprint density at radius 3 is 2.70 bits per heavy atom. The largest absolute Gasteiger partial charge is 0.755 e. The predicted octanol–water partition coefficient (Wildman–Crippen LogP) is -2.67. The summed E-state index contributed by atoms with van der Waals surface area (Å²) in [5.41, 5.74) is 6.06. The fraction of sp³-hybridized carbons (Fsp3) is 0.500. The molecular weight excluding hydrogens is 413 g/mol. The lowest BCUT2D eigenvalue weighted by molar-refractivity contribution is -0.220. The first-order valence-electron chi connectivity index (χ1n) is 7.07. The lowest BCUT2D eigenvalue weighted by Gasteiger charge is -2.23. The molecule has 3 rings (SSSR count). The van der Waals surface area contributed by atoms with E-state index in [2.05, 4.69) is 23.4 Å². The number of aromatic nitrogens is 4. The highest BCUT2D eigenvalue weighted by Gasteiger charge is 2.45. The Morgan fingerprint density at radius 1 is 1.33 bits per heavy atom. The van der Waals surface area contributed by atoms with Crippen molar-refractivity contribution in [3.8, 4) is 0 Å². The second kappa shape index (κ2) is 7.01. The number of anilines is 1. The van der Waals surface area contributed by atoms with Crippen molar-refractivity contribution < 1.29 is 45.9 Å². The van der Waals surface area contributed by atoms with Crippen molar-refractivity contribution in [3.05, 3.63) is 12.7 Å². The van der Waals surface area contributed by atoms with Crippen LogP contribution in [-0.2, 0) is 28.2 Å². The van der Waals surface area contributed by atoms with Gasteiger partial charge < -0.3 is 30.1 Å². The third kappa shape index (κ3) is 4.23. The van der Waals surface area contributed by atoms with E-state index in [0.29, 0.717) is 0 Å². The molecule has 150 valence electrons. The molecule has 3 heterocycles. The zero-order valence-corrected chi connectivity index (χ0v) is 14.8. The van der Waals surface area contributed by atoms with Gasteiger partial charge in [0.1, 0.15) is 30.2 Å². The van der Waals surface area contributed by atoms with Gasteiger partial charge in [0.2, 0.25) is 0 Å². The van der Waals surface area contributed by atoms with Gasteiger partial charge in [-0.05, 0) is 0 Å². The minimum Gasteiger partial charge on any atom is -0.755 e. The molecule has 1 unspecified atom stereocenters. The second-order valence-electron chi connectivity index (χ2n) is 5.37. The molecule has 1 fully saturated rings. The van der Waals surface area contributed by atoms with E-state index in [1.807, 2.05) is 0 Å². The van der Waals surface area contributed by atoms with E-state index < -0.39 is 49.4 Å². The Labute approximate surface area is 150 Å². The molecule has 0 radical (unpaired) electrons. The molecule has 17 heteroatoms. The maximum Gasteiger partial charge on any atom is 0.404 e. The predicted molar refractivity (Wildman–Crippen MR) is 81.9 cm³/mol. The number of rotatable bonds is 6. The number of fused-ring (bicyclic) bond motifs is 1. The van der Waals surface area contributed by atoms with Gasteiger partial charge in [-0.25, -0.2) is 15.0 Å². The van der Waals surface area contributed by atoms with Gasteiger partial charge in [-0.15, -0.1) is 0 Å². The van der Waals surface area contributed by atoms with Gasteiger partial charge in [-0.2, -0.15) is 12.4 Å². The first-order chi connectivity index (χ1) is 12.5. The summed E-state index contributed by atoms with van der Waals surface area (Å²) in [7, 11) is -10.8. The number of phosphoric acid groups is 1. The summed E-state index contributed by atoms with van der Waals surface area (Å²) in [6, 6.07) is 0. The number of nitrogens with two attached hydrogens (primary N) is 1. The maximum absolute atomic E-state index is 11.3. The van der Waals surface area contributed by atoms with Crippen LogP contribution in [0.4, 0.5) is 5.82 Å². The number of phosphoric ester groups is 1. The van der Waals surface area contributed by atoms with Crippen LogP contribution >= 0.6 is 7.82 Å². The van der Waals surface area contributed by atoms with E-state index in [0.717, 1.165) is 6.33 Å². The van der Waals surface area contributed by atoms with Crippen molar-refractivity contribution in [2.24, 2.45) is 0 Å². The topological polar surface area (TPSA) is 232 Å². The SMILES string of the molecule is Nc1ncnc2c1ncn2[C@@H]1O[C@H](COP(=O)([O-])OS(=O)(=O)O)[C@@H](O)[C@H]1O. The van der Waals surface area contributed by atoms with E-state index in [4.69, 9.17) is 15.0 Å². The highest BCUT2D eigenvalue weighted by molar-refractivity contribution is 7.85. The van der Waals surface area contributed by atoms with E-state index in [-0.39, 0.29) is 17.0 Å². The molecular formula is C10H13N5O10PS-. The Kier molecular flexibility index (Phi) is 5.19. The monoisotopic (exact) mass is 426 g/mol. The lowest BCUT2D eigenvalue weighted by atomic mass is 10.1. The normalized spacial score (nSPS) is 28.4. The van der Waals surface area contributed by atoms with Crippen molar-refractivity contribution in [1.29, 1.82) is 0 Å². The van der Waals surface area contributed by atoms with Crippen LogP contribution in [0.1, 0.15) is 6.23 Å². The van der Waals surface area contributed by atoms with E-state index >= 15 is 0 Å². The number of ether oxygens (including phenoxy) is 1. The van der Waals surface area contributed by atoms with Crippen LogP contribution in [0.15, 0.2) is 12.7 Å². The number of aliphatic hydroxyl groups excluding tert-OH is 2. The van der Waals surface area contributed by atoms with Gasteiger partial charge >= 0.3 is 10.4 Å². The minimum absolute atomic E-state index is 0.0707. The molecule has 15 nitrogen and oxygen atoms in total. The molecule has 0 bridgehead atoms. The zero-order chi connectivity index (χ0) is 20.0. The number of hydrogen-bond acceptors (Lipinski definition) is 13. The third-order valence-corrected chi connectivity index (χ3v) is 5.53. The van der Waals surface area contributed by atoms with Crippen molar-refractivity contribution in [3.63, 3.8) is 0 Å². The molecule has 2 aromatic rings. The van der Waals surface area contributed by atoms with Gasteiger partial charge in [0.25, 0.3) is 7.82 Å². The number of imidazole rings is 1. The van der Waals surface area contributed by atoms with Crippen molar-refractivity contribution in [2.75, 3.05) is 12.3 Å². The molecule has 1 aliphatic rings. The molecule has 5 N–H and O–H groups in total. The Morgan fingerprint density at radius 2 is 2.04 bits per heavy atom. The Bertz CT molecular complexity index is 997. The van der Waals surface area contributed by atoms with Crippen LogP contribution in [0.3, 0.4) is 0 Å². The maximum atomic E-state index is 11.3. The molecule has 27 heavy (non-hydrogen) atoms. The molecule has 0 saturated carbocycles. The van der Waals surface area contributed by atoms with Crippen molar-refractivity contribution in [1.82, 2.24) is 19.5 Å². The third-order valence-electron chi connectivity index (χ3n) is 3.58. The summed E-state index contributed by atoms with van der Waals surface area (Å²) < 4.78 is 54.8. The first-order valence-corrected chi connectivity index (χ1v) is 9.90. The number of nitrogen functional groups attached to an aromatic ring is 1. The van der Waals surface area contributed by atoms with E-state index in [1.165, 1.54) is 10.9 Å². The van der Waals surface area contributed by atoms with Crippen LogP contribution in [0, 0.1) is 0 Å². The van der Waals surface area contributed by atoms with Crippen molar-refractivity contribution >= 4 is 35.2 Å². The molecule has 0 spiro atoms. The number of nitrogens with zero attached hydrogens (tertiary/aromatic N) is 4. The summed E-state index contributed by atoms with van der Waals surface area (Å²) in [5.74, 6) is 0.0707. The zero-order valence-electron chi connectivity index (χ0n) is 13.1. The Balaban J connectivity index is 1.76. The number of aliphatic hydroxyl groups is 2. The van der Waals surface area contributed by atoms with Crippen LogP contribution in [-0.4, -0.2) is 67.6 Å². The summed E-state index contributed by atoms with van der Waals surface area (Å²) in [4.78, 5) is 23.0. The quantitative estimate of drug-likeness (QED) is 0.272. The standard InChI is InChI=1S/C10H14N5O10PS/c11-8-5-9(13-2-12-8)15(3-14-5)10-7(17)6(16)4(24-10)1-23-26(18,19)25-27(20,21)22/h2-4,6-7,10,16-17H,1H2,(H,18,19)(H2,11,12,13)(H,20,21,22)/p-1/t4-,6-,7-,10-/m1/s1. The average molecular weight is 426 g/mol. The molecule has 5 atom stereocenters. The molecule has 0 amide bonds.